The van der Waals surface area contributed by atoms with E-state index < -0.39 is 0 Å². The second kappa shape index (κ2) is 8.30. The molecule has 1 aromatic heterocycles. The normalized spacial score (nSPS) is 13.9. The number of hydrogen-bond acceptors (Lipinski definition) is 4. The van der Waals surface area contributed by atoms with Crippen LogP contribution in [0.2, 0.25) is 0 Å². The highest BCUT2D eigenvalue weighted by Crippen LogP contribution is 2.29. The molecule has 1 heterocycles. The molecule has 0 atom stereocenters. The Kier molecular flexibility index (Phi) is 4.85. The van der Waals surface area contributed by atoms with Gasteiger partial charge in [-0.25, -0.2) is 4.98 Å². The summed E-state index contributed by atoms with van der Waals surface area (Å²) in [6.07, 6.45) is 3.86. The molecule has 0 radical (unpaired) electrons. The van der Waals surface area contributed by atoms with Crippen LogP contribution in [-0.2, 0) is 0 Å². The molecule has 4 aromatic carbocycles. The summed E-state index contributed by atoms with van der Waals surface area (Å²) in [4.78, 5) is 4.92. The molecule has 34 heavy (non-hydrogen) atoms. The molecule has 0 saturated carbocycles. The van der Waals surface area contributed by atoms with Crippen LogP contribution in [0, 0.1) is 5.41 Å². The fraction of sp³-hybridized carbons (Fsp3) is 0. The molecular weight excluding hydrogens is 418 g/mol. The quantitative estimate of drug-likeness (QED) is 0.312. The number of aromatic nitrogens is 2. The zero-order chi connectivity index (χ0) is 22.9. The van der Waals surface area contributed by atoms with Gasteiger partial charge < -0.3 is 0 Å². The largest absolute Gasteiger partial charge is 0.298 e. The van der Waals surface area contributed by atoms with Crippen molar-refractivity contribution < 1.29 is 0 Å². The Hall–Kier alpha value is -4.77. The lowest BCUT2D eigenvalue weighted by Gasteiger charge is -2.13. The SMILES string of the molecule is N=C1/C(=N\Nc2ccc(-c3nc4ccccc4n3-c3ccccc3)cc2)C=Cc2ccccc21. The predicted octanol–water partition coefficient (Wildman–Crippen LogP) is 6.56. The Labute approximate surface area is 197 Å². The van der Waals surface area contributed by atoms with Gasteiger partial charge in [-0.15, -0.1) is 0 Å². The number of rotatable bonds is 4. The van der Waals surface area contributed by atoms with E-state index in [1.165, 1.54) is 0 Å². The molecule has 2 N–H and O–H groups in total. The lowest BCUT2D eigenvalue weighted by Crippen LogP contribution is -2.18. The van der Waals surface area contributed by atoms with Crippen molar-refractivity contribution in [3.05, 3.63) is 120 Å². The zero-order valence-electron chi connectivity index (χ0n) is 18.3. The maximum absolute atomic E-state index is 8.47. The number of hydrazone groups is 1. The van der Waals surface area contributed by atoms with Crippen LogP contribution in [0.4, 0.5) is 5.69 Å². The van der Waals surface area contributed by atoms with Crippen molar-refractivity contribution >= 4 is 34.2 Å². The molecule has 162 valence electrons. The third-order valence-electron chi connectivity index (χ3n) is 5.93. The number of allylic oxidation sites excluding steroid dienone is 1. The first kappa shape index (κ1) is 19.9. The van der Waals surface area contributed by atoms with Gasteiger partial charge in [-0.05, 0) is 60.2 Å². The third-order valence-corrected chi connectivity index (χ3v) is 5.93. The van der Waals surface area contributed by atoms with Gasteiger partial charge in [0.2, 0.25) is 0 Å². The van der Waals surface area contributed by atoms with E-state index in [4.69, 9.17) is 10.4 Å². The van der Waals surface area contributed by atoms with Crippen LogP contribution in [-0.4, -0.2) is 21.0 Å². The van der Waals surface area contributed by atoms with Gasteiger partial charge in [0.15, 0.2) is 0 Å². The number of imidazole rings is 1. The average molecular weight is 440 g/mol. The number of anilines is 1. The topological polar surface area (TPSA) is 66.1 Å². The van der Waals surface area contributed by atoms with Gasteiger partial charge in [-0.2, -0.15) is 5.10 Å². The van der Waals surface area contributed by atoms with Gasteiger partial charge in [-0.3, -0.25) is 15.4 Å². The van der Waals surface area contributed by atoms with Crippen molar-refractivity contribution in [2.45, 2.75) is 0 Å². The average Bonchev–Trinajstić information content (AvgIpc) is 3.29. The highest BCUT2D eigenvalue weighted by atomic mass is 15.3. The number of nitrogens with zero attached hydrogens (tertiary/aromatic N) is 3. The minimum Gasteiger partial charge on any atom is -0.298 e. The van der Waals surface area contributed by atoms with Gasteiger partial charge in [0, 0.05) is 16.8 Å². The first-order valence-electron chi connectivity index (χ1n) is 11.1. The Morgan fingerprint density at radius 1 is 0.735 bits per heavy atom. The highest BCUT2D eigenvalue weighted by Gasteiger charge is 2.16. The van der Waals surface area contributed by atoms with Crippen LogP contribution in [0.25, 0.3) is 34.2 Å². The van der Waals surface area contributed by atoms with Crippen LogP contribution in [0.1, 0.15) is 11.1 Å². The molecule has 0 saturated heterocycles. The summed E-state index contributed by atoms with van der Waals surface area (Å²) in [7, 11) is 0. The molecule has 5 heteroatoms. The minimum atomic E-state index is 0.416. The summed E-state index contributed by atoms with van der Waals surface area (Å²) < 4.78 is 2.18. The summed E-state index contributed by atoms with van der Waals surface area (Å²) in [5, 5.41) is 12.9. The Balaban J connectivity index is 1.31. The summed E-state index contributed by atoms with van der Waals surface area (Å²) in [5.41, 5.74) is 11.0. The number of benzene rings is 4. The van der Waals surface area contributed by atoms with Crippen LogP contribution in [0.15, 0.2) is 114 Å². The van der Waals surface area contributed by atoms with E-state index in [2.05, 4.69) is 33.3 Å². The van der Waals surface area contributed by atoms with E-state index in [0.717, 1.165) is 44.9 Å². The lowest BCUT2D eigenvalue weighted by atomic mass is 9.94. The van der Waals surface area contributed by atoms with Crippen molar-refractivity contribution in [3.63, 3.8) is 0 Å². The summed E-state index contributed by atoms with van der Waals surface area (Å²) in [6, 6.07) is 34.4. The summed E-state index contributed by atoms with van der Waals surface area (Å²) in [5.74, 6) is 0.888. The summed E-state index contributed by atoms with van der Waals surface area (Å²) in [6.45, 7) is 0. The fourth-order valence-electron chi connectivity index (χ4n) is 4.23. The second-order valence-corrected chi connectivity index (χ2v) is 8.08. The van der Waals surface area contributed by atoms with E-state index in [1.54, 1.807) is 0 Å². The van der Waals surface area contributed by atoms with Gasteiger partial charge >= 0.3 is 0 Å². The van der Waals surface area contributed by atoms with Gasteiger partial charge in [0.1, 0.15) is 11.5 Å². The molecule has 6 rings (SSSR count). The zero-order valence-corrected chi connectivity index (χ0v) is 18.3. The monoisotopic (exact) mass is 439 g/mol. The molecule has 0 amide bonds. The molecule has 1 aliphatic rings. The molecule has 5 aromatic rings. The number of para-hydroxylation sites is 3. The van der Waals surface area contributed by atoms with Crippen LogP contribution in [0.3, 0.4) is 0 Å². The second-order valence-electron chi connectivity index (χ2n) is 8.08. The van der Waals surface area contributed by atoms with Crippen LogP contribution >= 0.6 is 0 Å². The van der Waals surface area contributed by atoms with Crippen molar-refractivity contribution in [1.82, 2.24) is 9.55 Å². The van der Waals surface area contributed by atoms with Crippen molar-refractivity contribution in [2.75, 3.05) is 5.43 Å². The maximum Gasteiger partial charge on any atom is 0.145 e. The van der Waals surface area contributed by atoms with Gasteiger partial charge in [0.05, 0.1) is 22.4 Å². The van der Waals surface area contributed by atoms with E-state index in [1.807, 2.05) is 97.1 Å². The first-order chi connectivity index (χ1) is 16.8. The molecular formula is C29H21N5. The molecule has 0 aliphatic heterocycles. The number of hydrogen-bond donors (Lipinski definition) is 2. The lowest BCUT2D eigenvalue weighted by molar-refractivity contribution is 1.10. The molecule has 0 fully saturated rings. The van der Waals surface area contributed by atoms with E-state index in [9.17, 15) is 0 Å². The first-order valence-corrected chi connectivity index (χ1v) is 11.1. The van der Waals surface area contributed by atoms with E-state index >= 15 is 0 Å². The Morgan fingerprint density at radius 2 is 1.47 bits per heavy atom. The molecule has 0 unspecified atom stereocenters. The predicted molar refractivity (Wildman–Crippen MR) is 140 cm³/mol. The number of fused-ring (bicyclic) bond motifs is 2. The van der Waals surface area contributed by atoms with Crippen molar-refractivity contribution in [2.24, 2.45) is 5.10 Å². The molecule has 5 nitrogen and oxygen atoms in total. The van der Waals surface area contributed by atoms with Gasteiger partial charge in [0.25, 0.3) is 0 Å². The van der Waals surface area contributed by atoms with Crippen LogP contribution < -0.4 is 5.43 Å². The fourth-order valence-corrected chi connectivity index (χ4v) is 4.23. The van der Waals surface area contributed by atoms with Crippen LogP contribution in [0.5, 0.6) is 0 Å². The van der Waals surface area contributed by atoms with Crippen molar-refractivity contribution in [1.29, 1.82) is 5.41 Å². The Bertz CT molecular complexity index is 1570. The molecule has 0 spiro atoms. The smallest absolute Gasteiger partial charge is 0.145 e. The maximum atomic E-state index is 8.47. The third kappa shape index (κ3) is 3.49. The van der Waals surface area contributed by atoms with E-state index in [-0.39, 0.29) is 0 Å². The minimum absolute atomic E-state index is 0.416. The Morgan fingerprint density at radius 3 is 2.32 bits per heavy atom. The summed E-state index contributed by atoms with van der Waals surface area (Å²) >= 11 is 0. The van der Waals surface area contributed by atoms with Crippen molar-refractivity contribution in [3.8, 4) is 17.1 Å². The molecule has 1 aliphatic carbocycles. The van der Waals surface area contributed by atoms with Gasteiger partial charge in [-0.1, -0.05) is 60.7 Å². The number of nitrogens with one attached hydrogen (secondary N) is 2. The van der Waals surface area contributed by atoms with E-state index in [0.29, 0.717) is 11.4 Å². The highest BCUT2D eigenvalue weighted by molar-refractivity contribution is 6.53. The standard InChI is InChI=1S/C29H21N5/c30-28-24-11-5-4-8-20(24)16-19-26(28)33-32-22-17-14-21(15-18-22)29-31-25-12-6-7-13-27(25)34(29)23-9-2-1-3-10-23/h1-19,30,32H/b30-28?,33-26-. The molecule has 0 bridgehead atoms.